The summed E-state index contributed by atoms with van der Waals surface area (Å²) in [5, 5.41) is 15.1. The Morgan fingerprint density at radius 2 is 1.94 bits per heavy atom. The van der Waals surface area contributed by atoms with E-state index >= 15 is 0 Å². The highest BCUT2D eigenvalue weighted by Crippen LogP contribution is 2.28. The highest BCUT2D eigenvalue weighted by Gasteiger charge is 2.16. The minimum atomic E-state index is 0.0804. The standard InChI is InChI=1S/C23H28N4O2S2/c1-27(14-16-8-9-18-13-20(29-2)11-10-17(18)12-16)21(28)15-30-23-26-25-22(31-23)24-19-6-4-3-5-7-19/h8-13,19H,3-7,14-15H2,1-2H3,(H,24,25). The van der Waals surface area contributed by atoms with Gasteiger partial charge in [-0.15, -0.1) is 10.2 Å². The largest absolute Gasteiger partial charge is 0.497 e. The van der Waals surface area contributed by atoms with Crippen LogP contribution < -0.4 is 10.1 Å². The number of amides is 1. The average molecular weight is 457 g/mol. The first kappa shape index (κ1) is 21.9. The minimum Gasteiger partial charge on any atom is -0.497 e. The number of nitrogens with one attached hydrogen (secondary N) is 1. The summed E-state index contributed by atoms with van der Waals surface area (Å²) in [4.78, 5) is 14.4. The molecule has 0 atom stereocenters. The number of fused-ring (bicyclic) bond motifs is 1. The van der Waals surface area contributed by atoms with E-state index in [1.165, 1.54) is 55.2 Å². The first-order valence-corrected chi connectivity index (χ1v) is 12.4. The van der Waals surface area contributed by atoms with Gasteiger partial charge >= 0.3 is 0 Å². The molecule has 1 aromatic heterocycles. The summed E-state index contributed by atoms with van der Waals surface area (Å²) in [6.45, 7) is 0.575. The SMILES string of the molecule is COc1ccc2cc(CN(C)C(=O)CSc3nnc(NC4CCCCC4)s3)ccc2c1. The first-order valence-electron chi connectivity index (χ1n) is 10.6. The molecule has 0 unspecified atom stereocenters. The van der Waals surface area contributed by atoms with Gasteiger partial charge in [0, 0.05) is 19.6 Å². The third kappa shape index (κ3) is 5.89. The molecule has 2 aromatic carbocycles. The summed E-state index contributed by atoms with van der Waals surface area (Å²) in [5.41, 5.74) is 1.11. The molecule has 0 bridgehead atoms. The predicted molar refractivity (Wildman–Crippen MR) is 128 cm³/mol. The van der Waals surface area contributed by atoms with Crippen molar-refractivity contribution in [3.05, 3.63) is 42.0 Å². The van der Waals surface area contributed by atoms with Crippen molar-refractivity contribution in [1.29, 1.82) is 0 Å². The van der Waals surface area contributed by atoms with E-state index in [1.54, 1.807) is 12.0 Å². The molecule has 1 amide bonds. The smallest absolute Gasteiger partial charge is 0.233 e. The Hall–Kier alpha value is -2.32. The summed E-state index contributed by atoms with van der Waals surface area (Å²) in [5.74, 6) is 1.29. The van der Waals surface area contributed by atoms with Crippen molar-refractivity contribution in [2.75, 3.05) is 25.2 Å². The number of hydrogen-bond donors (Lipinski definition) is 1. The highest BCUT2D eigenvalue weighted by molar-refractivity contribution is 8.01. The van der Waals surface area contributed by atoms with Crippen LogP contribution in [0.15, 0.2) is 40.7 Å². The Kier molecular flexibility index (Phi) is 7.29. The first-order chi connectivity index (χ1) is 15.1. The Bertz CT molecular complexity index is 1030. The van der Waals surface area contributed by atoms with E-state index < -0.39 is 0 Å². The van der Waals surface area contributed by atoms with Crippen LogP contribution in [0.25, 0.3) is 10.8 Å². The molecule has 1 N–H and O–H groups in total. The van der Waals surface area contributed by atoms with E-state index in [9.17, 15) is 4.79 Å². The van der Waals surface area contributed by atoms with Crippen molar-refractivity contribution in [2.24, 2.45) is 0 Å². The zero-order valence-electron chi connectivity index (χ0n) is 18.0. The van der Waals surface area contributed by atoms with Crippen LogP contribution in [-0.2, 0) is 11.3 Å². The lowest BCUT2D eigenvalue weighted by Crippen LogP contribution is -2.27. The summed E-state index contributed by atoms with van der Waals surface area (Å²) in [7, 11) is 3.52. The van der Waals surface area contributed by atoms with Crippen LogP contribution >= 0.6 is 23.1 Å². The van der Waals surface area contributed by atoms with Crippen molar-refractivity contribution in [3.63, 3.8) is 0 Å². The normalized spacial score (nSPS) is 14.5. The Labute approximate surface area is 191 Å². The van der Waals surface area contributed by atoms with Gasteiger partial charge in [-0.2, -0.15) is 0 Å². The van der Waals surface area contributed by atoms with Crippen molar-refractivity contribution in [1.82, 2.24) is 15.1 Å². The molecule has 6 nitrogen and oxygen atoms in total. The van der Waals surface area contributed by atoms with Crippen LogP contribution in [0.1, 0.15) is 37.7 Å². The third-order valence-electron chi connectivity index (χ3n) is 5.62. The van der Waals surface area contributed by atoms with E-state index in [4.69, 9.17) is 4.74 Å². The maximum atomic E-state index is 12.6. The van der Waals surface area contributed by atoms with Crippen molar-refractivity contribution in [3.8, 4) is 5.75 Å². The lowest BCUT2D eigenvalue weighted by molar-refractivity contribution is -0.127. The number of carbonyl (C=O) groups excluding carboxylic acids is 1. The van der Waals surface area contributed by atoms with Gasteiger partial charge in [0.25, 0.3) is 0 Å². The van der Waals surface area contributed by atoms with Gasteiger partial charge in [0.05, 0.1) is 12.9 Å². The molecule has 31 heavy (non-hydrogen) atoms. The number of methoxy groups -OCH3 is 1. The van der Waals surface area contributed by atoms with Gasteiger partial charge in [0.2, 0.25) is 11.0 Å². The number of benzene rings is 2. The number of ether oxygens (including phenoxy) is 1. The third-order valence-corrected chi connectivity index (χ3v) is 7.59. The lowest BCUT2D eigenvalue weighted by Gasteiger charge is -2.21. The van der Waals surface area contributed by atoms with Crippen LogP contribution in [0, 0.1) is 0 Å². The highest BCUT2D eigenvalue weighted by atomic mass is 32.2. The van der Waals surface area contributed by atoms with Crippen LogP contribution in [0.5, 0.6) is 5.75 Å². The van der Waals surface area contributed by atoms with Gasteiger partial charge in [-0.1, -0.05) is 60.6 Å². The molecule has 0 spiro atoms. The lowest BCUT2D eigenvalue weighted by atomic mass is 9.96. The van der Waals surface area contributed by atoms with E-state index in [2.05, 4.69) is 33.7 Å². The van der Waals surface area contributed by atoms with Crippen molar-refractivity contribution in [2.45, 2.75) is 49.0 Å². The summed E-state index contributed by atoms with van der Waals surface area (Å²) < 4.78 is 6.12. The van der Waals surface area contributed by atoms with E-state index in [-0.39, 0.29) is 5.91 Å². The number of thioether (sulfide) groups is 1. The zero-order chi connectivity index (χ0) is 21.6. The molecule has 0 radical (unpaired) electrons. The minimum absolute atomic E-state index is 0.0804. The maximum Gasteiger partial charge on any atom is 0.233 e. The van der Waals surface area contributed by atoms with Gasteiger partial charge in [-0.25, -0.2) is 0 Å². The van der Waals surface area contributed by atoms with Gasteiger partial charge in [0.15, 0.2) is 4.34 Å². The van der Waals surface area contributed by atoms with Crippen LogP contribution in [0.2, 0.25) is 0 Å². The molecular weight excluding hydrogens is 428 g/mol. The Balaban J connectivity index is 1.28. The van der Waals surface area contributed by atoms with Crippen molar-refractivity contribution >= 4 is 44.9 Å². The second-order valence-corrected chi connectivity index (χ2v) is 10.1. The molecule has 1 heterocycles. The average Bonchev–Trinajstić information content (AvgIpc) is 3.24. The van der Waals surface area contributed by atoms with Crippen LogP contribution in [0.3, 0.4) is 0 Å². The second kappa shape index (κ2) is 10.3. The van der Waals surface area contributed by atoms with E-state index in [0.29, 0.717) is 18.3 Å². The molecule has 8 heteroatoms. The molecular formula is C23H28N4O2S2. The predicted octanol–water partition coefficient (Wildman–Crippen LogP) is 5.20. The molecule has 1 saturated carbocycles. The van der Waals surface area contributed by atoms with E-state index in [1.807, 2.05) is 25.2 Å². The molecule has 1 fully saturated rings. The maximum absolute atomic E-state index is 12.6. The number of nitrogens with zero attached hydrogens (tertiary/aromatic N) is 3. The summed E-state index contributed by atoms with van der Waals surface area (Å²) in [6, 6.07) is 12.8. The zero-order valence-corrected chi connectivity index (χ0v) is 19.6. The second-order valence-electron chi connectivity index (χ2n) is 7.94. The quantitative estimate of drug-likeness (QED) is 0.470. The molecule has 1 aliphatic carbocycles. The Morgan fingerprint density at radius 3 is 2.74 bits per heavy atom. The Morgan fingerprint density at radius 1 is 1.16 bits per heavy atom. The van der Waals surface area contributed by atoms with Gasteiger partial charge in [0.1, 0.15) is 5.75 Å². The molecule has 0 aliphatic heterocycles. The van der Waals surface area contributed by atoms with Gasteiger partial charge in [-0.05, 0) is 47.4 Å². The van der Waals surface area contributed by atoms with Crippen LogP contribution in [0.4, 0.5) is 5.13 Å². The number of carbonyl (C=O) groups is 1. The number of anilines is 1. The molecule has 1 aliphatic rings. The monoisotopic (exact) mass is 456 g/mol. The fraction of sp³-hybridized carbons (Fsp3) is 0.435. The van der Waals surface area contributed by atoms with Gasteiger partial charge in [-0.3, -0.25) is 4.79 Å². The van der Waals surface area contributed by atoms with Gasteiger partial charge < -0.3 is 15.0 Å². The number of aromatic nitrogens is 2. The molecule has 4 rings (SSSR count). The summed E-state index contributed by atoms with van der Waals surface area (Å²) in [6.07, 6.45) is 6.30. The van der Waals surface area contributed by atoms with E-state index in [0.717, 1.165) is 31.6 Å². The number of rotatable bonds is 8. The summed E-state index contributed by atoms with van der Waals surface area (Å²) >= 11 is 2.99. The molecule has 0 saturated heterocycles. The fourth-order valence-electron chi connectivity index (χ4n) is 3.84. The molecule has 3 aromatic rings. The van der Waals surface area contributed by atoms with Crippen molar-refractivity contribution < 1.29 is 9.53 Å². The fourth-order valence-corrected chi connectivity index (χ4v) is 5.61. The topological polar surface area (TPSA) is 67.3 Å². The number of hydrogen-bond acceptors (Lipinski definition) is 7. The van der Waals surface area contributed by atoms with Crippen LogP contribution in [-0.4, -0.2) is 47.0 Å². The molecule has 164 valence electrons.